The Hall–Kier alpha value is -3.95. The van der Waals surface area contributed by atoms with Crippen molar-refractivity contribution in [3.63, 3.8) is 0 Å². The summed E-state index contributed by atoms with van der Waals surface area (Å²) in [5.74, 6) is -0.783. The van der Waals surface area contributed by atoms with Gasteiger partial charge in [0.25, 0.3) is 0 Å². The third-order valence-electron chi connectivity index (χ3n) is 11.0. The maximum Gasteiger partial charge on any atom is 0.309 e. The smallest absolute Gasteiger partial charge is 0.309 e. The van der Waals surface area contributed by atoms with Crippen molar-refractivity contribution in [3.8, 4) is 6.07 Å². The second kappa shape index (κ2) is 23.7. The second-order valence-electron chi connectivity index (χ2n) is 14.5. The van der Waals surface area contributed by atoms with Crippen molar-refractivity contribution >= 4 is 23.6 Å². The molecule has 0 saturated carbocycles. The van der Waals surface area contributed by atoms with Gasteiger partial charge in [-0.15, -0.1) is 0 Å². The molecule has 0 amide bonds. The maximum absolute atomic E-state index is 11.6. The molecule has 6 nitrogen and oxygen atoms in total. The first-order valence-corrected chi connectivity index (χ1v) is 20.7. The van der Waals surface area contributed by atoms with Crippen molar-refractivity contribution < 1.29 is 20.0 Å². The monoisotopic (exact) mass is 725 g/mol. The fraction of sp³-hybridized carbons (Fsp3) is 0.553. The van der Waals surface area contributed by atoms with Crippen molar-refractivity contribution in [2.75, 3.05) is 18.0 Å². The Kier molecular flexibility index (Phi) is 20.2. The van der Waals surface area contributed by atoms with Crippen LogP contribution in [0, 0.1) is 18.3 Å². The molecular formula is C47H70N3O3+. The van der Waals surface area contributed by atoms with Gasteiger partial charge >= 0.3 is 5.97 Å². The lowest BCUT2D eigenvalue weighted by Crippen LogP contribution is -2.79. The summed E-state index contributed by atoms with van der Waals surface area (Å²) >= 11 is 0. The molecule has 1 aliphatic rings. The van der Waals surface area contributed by atoms with E-state index in [2.05, 4.69) is 106 Å². The maximum atomic E-state index is 11.6. The number of fused-ring (bicyclic) bond motifs is 1. The highest BCUT2D eigenvalue weighted by Gasteiger charge is 2.45. The van der Waals surface area contributed by atoms with Crippen molar-refractivity contribution in [2.24, 2.45) is 0 Å². The highest BCUT2D eigenvalue weighted by molar-refractivity contribution is 5.73. The topological polar surface area (TPSA) is 98.0 Å². The summed E-state index contributed by atoms with van der Waals surface area (Å²) in [4.78, 5) is 25.3. The number of carboxylic acid groups (broad SMARTS) is 1. The van der Waals surface area contributed by atoms with E-state index in [-0.39, 0.29) is 17.3 Å². The van der Waals surface area contributed by atoms with Crippen molar-refractivity contribution in [2.45, 2.75) is 156 Å². The zero-order valence-corrected chi connectivity index (χ0v) is 34.4. The van der Waals surface area contributed by atoms with Crippen LogP contribution in [0.15, 0.2) is 72.0 Å². The largest absolute Gasteiger partial charge is 0.481 e. The number of hydrogen-bond donors (Lipinski definition) is 2. The van der Waals surface area contributed by atoms with Gasteiger partial charge in [-0.1, -0.05) is 117 Å². The summed E-state index contributed by atoms with van der Waals surface area (Å²) in [6, 6.07) is 15.9. The molecule has 0 spiro atoms. The molecule has 0 aromatic heterocycles. The van der Waals surface area contributed by atoms with E-state index in [1.54, 1.807) is 0 Å². The Morgan fingerprint density at radius 2 is 1.75 bits per heavy atom. The fourth-order valence-electron chi connectivity index (χ4n) is 8.12. The number of aliphatic carboxylic acids is 1. The van der Waals surface area contributed by atoms with Gasteiger partial charge in [-0.05, 0) is 93.0 Å². The molecule has 290 valence electrons. The van der Waals surface area contributed by atoms with E-state index < -0.39 is 5.97 Å². The highest BCUT2D eigenvalue weighted by atomic mass is 16.4. The van der Waals surface area contributed by atoms with E-state index in [0.717, 1.165) is 89.0 Å². The summed E-state index contributed by atoms with van der Waals surface area (Å²) in [6.07, 6.45) is 22.4. The average Bonchev–Trinajstić information content (AvgIpc) is 3.42. The molecule has 0 radical (unpaired) electrons. The number of nitrogens with zero attached hydrogens (tertiary/aromatic N) is 2. The van der Waals surface area contributed by atoms with Gasteiger partial charge in [0.1, 0.15) is 12.0 Å². The minimum Gasteiger partial charge on any atom is -0.481 e. The zero-order chi connectivity index (χ0) is 39.3. The minimum atomic E-state index is -0.783. The molecule has 3 rings (SSSR count). The average molecular weight is 725 g/mol. The number of unbranched alkanes of at least 4 members (excludes halogenated alkanes) is 3. The Bertz CT molecular complexity index is 1580. The number of benzene rings is 2. The molecule has 2 aromatic rings. The summed E-state index contributed by atoms with van der Waals surface area (Å²) < 4.78 is 0. The minimum absolute atomic E-state index is 0.115. The van der Waals surface area contributed by atoms with Crippen LogP contribution in [0.3, 0.4) is 0 Å². The quantitative estimate of drug-likeness (QED) is 0.0391. The van der Waals surface area contributed by atoms with Crippen LogP contribution >= 0.6 is 0 Å². The lowest BCUT2D eigenvalue weighted by Gasteiger charge is -2.34. The van der Waals surface area contributed by atoms with Crippen LogP contribution in [0.5, 0.6) is 0 Å². The first-order valence-electron chi connectivity index (χ1n) is 20.7. The summed E-state index contributed by atoms with van der Waals surface area (Å²) in [7, 11) is 0. The third kappa shape index (κ3) is 12.0. The normalized spacial score (nSPS) is 17.3. The number of anilines is 1. The van der Waals surface area contributed by atoms with Gasteiger partial charge in [-0.3, -0.25) is 4.79 Å². The number of nitriles is 1. The number of carboxylic acids is 1. The number of hydrogen-bond acceptors (Lipinski definition) is 4. The van der Waals surface area contributed by atoms with E-state index in [1.807, 2.05) is 26.0 Å². The van der Waals surface area contributed by atoms with Gasteiger partial charge in [0.05, 0.1) is 24.6 Å². The Morgan fingerprint density at radius 1 is 1.00 bits per heavy atom. The van der Waals surface area contributed by atoms with E-state index in [9.17, 15) is 20.0 Å². The summed E-state index contributed by atoms with van der Waals surface area (Å²) in [5.41, 5.74) is 9.01. The van der Waals surface area contributed by atoms with Crippen LogP contribution in [0.25, 0.3) is 0 Å². The molecule has 0 bridgehead atoms. The van der Waals surface area contributed by atoms with Crippen LogP contribution in [-0.4, -0.2) is 30.5 Å². The Morgan fingerprint density at radius 3 is 2.38 bits per heavy atom. The van der Waals surface area contributed by atoms with E-state index in [0.29, 0.717) is 25.1 Å². The number of quaternary nitrogens is 1. The molecule has 3 N–H and O–H groups in total. The molecule has 2 aromatic carbocycles. The van der Waals surface area contributed by atoms with Gasteiger partial charge < -0.3 is 20.1 Å². The zero-order valence-electron chi connectivity index (χ0n) is 34.4. The number of nitrogens with two attached hydrogens (primary N) is 1. The lowest BCUT2D eigenvalue weighted by molar-refractivity contribution is -0.571. The molecule has 0 fully saturated rings. The molecular weight excluding hydrogens is 655 g/mol. The van der Waals surface area contributed by atoms with Crippen LogP contribution < -0.4 is 10.2 Å². The van der Waals surface area contributed by atoms with E-state index in [1.165, 1.54) is 33.6 Å². The Labute approximate surface area is 322 Å². The van der Waals surface area contributed by atoms with Crippen LogP contribution in [0.2, 0.25) is 0 Å². The van der Waals surface area contributed by atoms with Crippen LogP contribution in [0.1, 0.15) is 154 Å². The van der Waals surface area contributed by atoms with Gasteiger partial charge in [0.15, 0.2) is 0 Å². The van der Waals surface area contributed by atoms with Gasteiger partial charge in [0.2, 0.25) is 0 Å². The predicted octanol–water partition coefficient (Wildman–Crippen LogP) is 11.1. The summed E-state index contributed by atoms with van der Waals surface area (Å²) in [5, 5.41) is 21.8. The molecule has 2 atom stereocenters. The first kappa shape index (κ1) is 45.2. The number of carbonyl (C=O) groups excluding carboxylic acids is 1. The molecule has 2 unspecified atom stereocenters. The van der Waals surface area contributed by atoms with E-state index >= 15 is 0 Å². The second-order valence-corrected chi connectivity index (χ2v) is 14.5. The van der Waals surface area contributed by atoms with Gasteiger partial charge in [-0.2, -0.15) is 5.26 Å². The molecule has 53 heavy (non-hydrogen) atoms. The standard InChI is InChI=1S/C45H63N3O3.C2H6/c1-7-12-14-26-44(11-5,38-32-35(6)18-21-40(38)47-29-24-43(50)51)27-15-17-37(34-46)20-23-42-45(25-9-3,28-13-8-2)39-33-36(10-4)19-22-41(39)48(42)30-16-31-49;1-2/h15,17-23,31-33,47H,7-14,16,24-30H2,1-6H3,(H,50,51);1-2H3/p+1/b17-15+,37-20-,42-23+;. The molecule has 0 saturated heterocycles. The van der Waals surface area contributed by atoms with Gasteiger partial charge in [-0.25, -0.2) is 0 Å². The predicted molar refractivity (Wildman–Crippen MR) is 223 cm³/mol. The SMILES string of the molecule is CC.CCCCCC(CC)(C/C=C/C(C#N)=C/C=C1/N(CCC=O)c2ccc(CC)cc2C1(CCC)CCCC)c1cc(C)ccc1[NH2+]CCC(=O)O. The number of carbonyl (C=O) groups is 2. The number of aryl methyl sites for hydroxylation is 2. The van der Waals surface area contributed by atoms with Crippen LogP contribution in [0.4, 0.5) is 11.4 Å². The van der Waals surface area contributed by atoms with Gasteiger partial charge in [0, 0.05) is 40.7 Å². The highest BCUT2D eigenvalue weighted by Crippen LogP contribution is 2.54. The number of allylic oxidation sites excluding steroid dienone is 6. The first-order chi connectivity index (χ1) is 25.7. The Balaban J connectivity index is 0.00000477. The van der Waals surface area contributed by atoms with Crippen molar-refractivity contribution in [1.29, 1.82) is 5.26 Å². The summed E-state index contributed by atoms with van der Waals surface area (Å²) in [6.45, 7) is 18.4. The molecule has 6 heteroatoms. The third-order valence-corrected chi connectivity index (χ3v) is 11.0. The molecule has 1 heterocycles. The van der Waals surface area contributed by atoms with Crippen molar-refractivity contribution in [1.82, 2.24) is 0 Å². The molecule has 1 aliphatic heterocycles. The van der Waals surface area contributed by atoms with Crippen molar-refractivity contribution in [3.05, 3.63) is 94.2 Å². The molecule has 0 aliphatic carbocycles. The number of aldehydes is 1. The lowest BCUT2D eigenvalue weighted by atomic mass is 9.70. The number of rotatable bonds is 23. The van der Waals surface area contributed by atoms with E-state index in [4.69, 9.17) is 0 Å². The fourth-order valence-corrected chi connectivity index (χ4v) is 8.12. The van der Waals surface area contributed by atoms with Crippen LogP contribution in [-0.2, 0) is 26.8 Å².